The molecule has 4 amide bonds. The maximum atomic E-state index is 13.6. The number of rotatable bonds is 5. The molecule has 3 heterocycles. The number of carbonyl (C=O) groups is 2. The first kappa shape index (κ1) is 19.6. The number of hydrogen-bond donors (Lipinski definition) is 3. The van der Waals surface area contributed by atoms with E-state index in [0.29, 0.717) is 41.9 Å². The largest absolute Gasteiger partial charge is 0.459 e. The van der Waals surface area contributed by atoms with Gasteiger partial charge in [0.25, 0.3) is 0 Å². The molecule has 3 aromatic rings. The normalized spacial score (nSPS) is 14.6. The summed E-state index contributed by atoms with van der Waals surface area (Å²) in [5.74, 6) is 0.513. The van der Waals surface area contributed by atoms with Gasteiger partial charge in [-0.25, -0.2) is 23.9 Å². The number of fused-ring (bicyclic) bond motifs is 1. The lowest BCUT2D eigenvalue weighted by Gasteiger charge is -2.16. The third kappa shape index (κ3) is 3.76. The van der Waals surface area contributed by atoms with Crippen molar-refractivity contribution in [3.8, 4) is 0 Å². The molecule has 2 aromatic heterocycles. The average molecular weight is 412 g/mol. The number of furan rings is 1. The highest BCUT2D eigenvalue weighted by molar-refractivity contribution is 5.92. The SMILES string of the molecule is CC[C@H](NC(=O)Nc1cnc(N2CCNC2=O)nc1)c1oc2ccc(F)cc2c1C. The molecule has 0 radical (unpaired) electrons. The summed E-state index contributed by atoms with van der Waals surface area (Å²) < 4.78 is 19.4. The van der Waals surface area contributed by atoms with Crippen LogP contribution in [0.2, 0.25) is 0 Å². The molecular formula is C20H21FN6O3. The molecule has 1 fully saturated rings. The van der Waals surface area contributed by atoms with Crippen LogP contribution in [0.5, 0.6) is 0 Å². The highest BCUT2D eigenvalue weighted by Crippen LogP contribution is 2.31. The Labute approximate surface area is 171 Å². The molecule has 0 unspecified atom stereocenters. The summed E-state index contributed by atoms with van der Waals surface area (Å²) in [6, 6.07) is 3.24. The van der Waals surface area contributed by atoms with E-state index in [1.54, 1.807) is 6.07 Å². The highest BCUT2D eigenvalue weighted by atomic mass is 19.1. The lowest BCUT2D eigenvalue weighted by atomic mass is 10.1. The molecule has 3 N–H and O–H groups in total. The number of hydrogen-bond acceptors (Lipinski definition) is 5. The van der Waals surface area contributed by atoms with Crippen LogP contribution in [0.4, 0.5) is 25.6 Å². The van der Waals surface area contributed by atoms with E-state index >= 15 is 0 Å². The summed E-state index contributed by atoms with van der Waals surface area (Å²) in [4.78, 5) is 33.8. The number of amides is 4. The van der Waals surface area contributed by atoms with Gasteiger partial charge in [-0.15, -0.1) is 0 Å². The van der Waals surface area contributed by atoms with Crippen molar-refractivity contribution in [3.05, 3.63) is 47.7 Å². The van der Waals surface area contributed by atoms with Gasteiger partial charge in [0.05, 0.1) is 24.1 Å². The van der Waals surface area contributed by atoms with Crippen molar-refractivity contribution in [3.63, 3.8) is 0 Å². The van der Waals surface area contributed by atoms with Gasteiger partial charge in [-0.2, -0.15) is 0 Å². The molecule has 1 aliphatic rings. The maximum Gasteiger partial charge on any atom is 0.324 e. The highest BCUT2D eigenvalue weighted by Gasteiger charge is 2.24. The van der Waals surface area contributed by atoms with Crippen LogP contribution in [0.15, 0.2) is 35.0 Å². The molecule has 9 nitrogen and oxygen atoms in total. The van der Waals surface area contributed by atoms with Crippen LogP contribution in [0.3, 0.4) is 0 Å². The quantitative estimate of drug-likeness (QED) is 0.594. The van der Waals surface area contributed by atoms with E-state index in [9.17, 15) is 14.0 Å². The molecular weight excluding hydrogens is 391 g/mol. The molecule has 0 aliphatic carbocycles. The number of nitrogens with zero attached hydrogens (tertiary/aromatic N) is 3. The molecule has 1 atom stereocenters. The third-order valence-electron chi connectivity index (χ3n) is 4.96. The predicted molar refractivity (Wildman–Crippen MR) is 109 cm³/mol. The number of benzene rings is 1. The zero-order valence-corrected chi connectivity index (χ0v) is 16.5. The number of anilines is 2. The molecule has 156 valence electrons. The van der Waals surface area contributed by atoms with Gasteiger partial charge in [-0.1, -0.05) is 6.92 Å². The van der Waals surface area contributed by atoms with Gasteiger partial charge in [-0.3, -0.25) is 4.90 Å². The fourth-order valence-electron chi connectivity index (χ4n) is 3.41. The Bertz CT molecular complexity index is 1100. The molecule has 0 bridgehead atoms. The van der Waals surface area contributed by atoms with Crippen molar-refractivity contribution in [2.45, 2.75) is 26.3 Å². The van der Waals surface area contributed by atoms with Crippen molar-refractivity contribution in [2.24, 2.45) is 0 Å². The van der Waals surface area contributed by atoms with Crippen LogP contribution < -0.4 is 20.9 Å². The van der Waals surface area contributed by atoms with Gasteiger partial charge in [0, 0.05) is 24.0 Å². The Hall–Kier alpha value is -3.69. The predicted octanol–water partition coefficient (Wildman–Crippen LogP) is 3.47. The summed E-state index contributed by atoms with van der Waals surface area (Å²) >= 11 is 0. The first-order valence-electron chi connectivity index (χ1n) is 9.59. The third-order valence-corrected chi connectivity index (χ3v) is 4.96. The van der Waals surface area contributed by atoms with Gasteiger partial charge in [0.1, 0.15) is 17.2 Å². The number of carbonyl (C=O) groups excluding carboxylic acids is 2. The molecule has 1 aromatic carbocycles. The van der Waals surface area contributed by atoms with Crippen molar-refractivity contribution in [1.82, 2.24) is 20.6 Å². The van der Waals surface area contributed by atoms with E-state index < -0.39 is 12.1 Å². The smallest absolute Gasteiger partial charge is 0.324 e. The minimum atomic E-state index is -0.455. The maximum absolute atomic E-state index is 13.6. The Kier molecular flexibility index (Phi) is 5.21. The van der Waals surface area contributed by atoms with E-state index in [2.05, 4.69) is 25.9 Å². The standard InChI is InChI=1S/C20H21FN6O3/c1-3-15(17-11(2)14-8-12(21)4-5-16(14)30-17)26-19(28)25-13-9-23-18(24-10-13)27-7-6-22-20(27)29/h4-5,8-10,15H,3,6-7H2,1-2H3,(H,22,29)(H2,25,26,28)/t15-/m0/s1. The molecule has 1 saturated heterocycles. The van der Waals surface area contributed by atoms with E-state index in [1.165, 1.54) is 29.4 Å². The molecule has 0 spiro atoms. The van der Waals surface area contributed by atoms with Crippen molar-refractivity contribution >= 4 is 34.7 Å². The lowest BCUT2D eigenvalue weighted by molar-refractivity contribution is 0.246. The minimum Gasteiger partial charge on any atom is -0.459 e. The van der Waals surface area contributed by atoms with Crippen LogP contribution in [-0.4, -0.2) is 35.1 Å². The Morgan fingerprint density at radius 2 is 2.13 bits per heavy atom. The average Bonchev–Trinajstić information content (AvgIpc) is 3.30. The van der Waals surface area contributed by atoms with Crippen molar-refractivity contribution < 1.29 is 18.4 Å². The minimum absolute atomic E-state index is 0.250. The fourth-order valence-corrected chi connectivity index (χ4v) is 3.41. The number of halogens is 1. The molecule has 10 heteroatoms. The first-order valence-corrected chi connectivity index (χ1v) is 9.59. The van der Waals surface area contributed by atoms with Crippen molar-refractivity contribution in [2.75, 3.05) is 23.3 Å². The van der Waals surface area contributed by atoms with E-state index in [4.69, 9.17) is 4.42 Å². The molecule has 0 saturated carbocycles. The van der Waals surface area contributed by atoms with E-state index in [-0.39, 0.29) is 17.8 Å². The van der Waals surface area contributed by atoms with Crippen molar-refractivity contribution in [1.29, 1.82) is 0 Å². The monoisotopic (exact) mass is 412 g/mol. The summed E-state index contributed by atoms with van der Waals surface area (Å²) in [5, 5.41) is 8.88. The number of aromatic nitrogens is 2. The van der Waals surface area contributed by atoms with Crippen LogP contribution in [0.25, 0.3) is 11.0 Å². The number of urea groups is 2. The summed E-state index contributed by atoms with van der Waals surface area (Å²) in [5.41, 5.74) is 1.74. The van der Waals surface area contributed by atoms with Crippen LogP contribution in [0, 0.1) is 12.7 Å². The summed E-state index contributed by atoms with van der Waals surface area (Å²) in [6.45, 7) is 4.78. The van der Waals surface area contributed by atoms with Gasteiger partial charge in [0.15, 0.2) is 0 Å². The fraction of sp³-hybridized carbons (Fsp3) is 0.300. The van der Waals surface area contributed by atoms with Gasteiger partial charge in [-0.05, 0) is 31.5 Å². The van der Waals surface area contributed by atoms with E-state index in [0.717, 1.165) is 5.56 Å². The van der Waals surface area contributed by atoms with E-state index in [1.807, 2.05) is 13.8 Å². The second-order valence-electron chi connectivity index (χ2n) is 6.95. The van der Waals surface area contributed by atoms with Gasteiger partial charge in [0.2, 0.25) is 5.95 Å². The first-order chi connectivity index (χ1) is 14.5. The Balaban J connectivity index is 1.45. The number of aryl methyl sites for hydroxylation is 1. The Morgan fingerprint density at radius 3 is 2.80 bits per heavy atom. The van der Waals surface area contributed by atoms with Crippen LogP contribution in [-0.2, 0) is 0 Å². The van der Waals surface area contributed by atoms with Gasteiger partial charge >= 0.3 is 12.1 Å². The topological polar surface area (TPSA) is 112 Å². The zero-order chi connectivity index (χ0) is 21.3. The number of nitrogens with one attached hydrogen (secondary N) is 3. The van der Waals surface area contributed by atoms with Crippen LogP contribution in [0.1, 0.15) is 30.7 Å². The lowest BCUT2D eigenvalue weighted by Crippen LogP contribution is -2.32. The second-order valence-corrected chi connectivity index (χ2v) is 6.95. The summed E-state index contributed by atoms with van der Waals surface area (Å²) in [6.07, 6.45) is 3.45. The molecule has 4 rings (SSSR count). The molecule has 30 heavy (non-hydrogen) atoms. The second kappa shape index (κ2) is 7.97. The zero-order valence-electron chi connectivity index (χ0n) is 16.5. The summed E-state index contributed by atoms with van der Waals surface area (Å²) in [7, 11) is 0. The molecule has 1 aliphatic heterocycles. The van der Waals surface area contributed by atoms with Crippen LogP contribution >= 0.6 is 0 Å². The van der Waals surface area contributed by atoms with Gasteiger partial charge < -0.3 is 20.4 Å². The Morgan fingerprint density at radius 1 is 1.37 bits per heavy atom.